The van der Waals surface area contributed by atoms with Gasteiger partial charge in [0.05, 0.1) is 4.92 Å². The largest absolute Gasteiger partial charge is 0.306 e. The highest BCUT2D eigenvalue weighted by Gasteiger charge is 2.14. The van der Waals surface area contributed by atoms with Crippen molar-refractivity contribution < 1.29 is 4.92 Å². The predicted molar refractivity (Wildman–Crippen MR) is 82.4 cm³/mol. The first-order valence-corrected chi connectivity index (χ1v) is 7.80. The number of benzene rings is 1. The van der Waals surface area contributed by atoms with Gasteiger partial charge < -0.3 is 4.57 Å². The number of hydrogen-bond donors (Lipinski definition) is 0. The van der Waals surface area contributed by atoms with Crippen LogP contribution in [0.15, 0.2) is 29.4 Å². The molecule has 6 nitrogen and oxygen atoms in total. The Bertz CT molecular complexity index is 640. The predicted octanol–water partition coefficient (Wildman–Crippen LogP) is 3.62. The third-order valence-electron chi connectivity index (χ3n) is 3.07. The number of nitrogens with zero attached hydrogens (tertiary/aromatic N) is 4. The minimum Gasteiger partial charge on any atom is -0.306 e. The van der Waals surface area contributed by atoms with Crippen LogP contribution in [0, 0.1) is 10.1 Å². The third-order valence-corrected chi connectivity index (χ3v) is 4.11. The minimum absolute atomic E-state index is 0.118. The summed E-state index contributed by atoms with van der Waals surface area (Å²) in [5, 5.41) is 20.1. The summed E-state index contributed by atoms with van der Waals surface area (Å²) in [4.78, 5) is 10.4. The van der Waals surface area contributed by atoms with Crippen molar-refractivity contribution in [3.8, 4) is 0 Å². The average molecular weight is 306 g/mol. The molecule has 2 rings (SSSR count). The highest BCUT2D eigenvalue weighted by Crippen LogP contribution is 2.25. The van der Waals surface area contributed by atoms with Crippen LogP contribution in [-0.4, -0.2) is 19.7 Å². The van der Waals surface area contributed by atoms with E-state index in [9.17, 15) is 10.1 Å². The van der Waals surface area contributed by atoms with Crippen LogP contribution in [0.2, 0.25) is 0 Å². The van der Waals surface area contributed by atoms with E-state index in [4.69, 9.17) is 0 Å². The molecule has 0 amide bonds. The van der Waals surface area contributed by atoms with Crippen LogP contribution in [0.5, 0.6) is 0 Å². The lowest BCUT2D eigenvalue weighted by atomic mass is 10.2. The van der Waals surface area contributed by atoms with Crippen molar-refractivity contribution in [2.24, 2.45) is 0 Å². The highest BCUT2D eigenvalue weighted by molar-refractivity contribution is 7.98. The van der Waals surface area contributed by atoms with Gasteiger partial charge in [0.2, 0.25) is 0 Å². The molecule has 0 aliphatic carbocycles. The van der Waals surface area contributed by atoms with Gasteiger partial charge >= 0.3 is 0 Å². The lowest BCUT2D eigenvalue weighted by Gasteiger charge is -2.09. The summed E-state index contributed by atoms with van der Waals surface area (Å²) < 4.78 is 2.09. The van der Waals surface area contributed by atoms with Gasteiger partial charge in [0.1, 0.15) is 5.82 Å². The van der Waals surface area contributed by atoms with E-state index in [1.807, 2.05) is 6.07 Å². The lowest BCUT2D eigenvalue weighted by Crippen LogP contribution is -2.04. The summed E-state index contributed by atoms with van der Waals surface area (Å²) in [6, 6.07) is 6.69. The lowest BCUT2D eigenvalue weighted by molar-refractivity contribution is -0.384. The van der Waals surface area contributed by atoms with E-state index >= 15 is 0 Å². The van der Waals surface area contributed by atoms with Crippen molar-refractivity contribution in [1.82, 2.24) is 14.8 Å². The first kappa shape index (κ1) is 15.5. The highest BCUT2D eigenvalue weighted by atomic mass is 32.2. The molecule has 112 valence electrons. The van der Waals surface area contributed by atoms with Gasteiger partial charge in [-0.1, -0.05) is 37.7 Å². The first-order valence-electron chi connectivity index (χ1n) is 6.82. The van der Waals surface area contributed by atoms with Gasteiger partial charge in [-0.05, 0) is 12.5 Å². The van der Waals surface area contributed by atoms with Crippen LogP contribution in [0.4, 0.5) is 5.69 Å². The summed E-state index contributed by atoms with van der Waals surface area (Å²) in [6.45, 7) is 7.06. The zero-order chi connectivity index (χ0) is 15.4. The standard InChI is InChI=1S/C14H18N4O2S/c1-4-17-13(10(2)3)15-16-14(17)21-9-11-6-5-7-12(8-11)18(19)20/h5-8,10H,4,9H2,1-3H3. The van der Waals surface area contributed by atoms with Gasteiger partial charge in [0.15, 0.2) is 5.16 Å². The molecule has 0 spiro atoms. The van der Waals surface area contributed by atoms with Crippen LogP contribution in [0.1, 0.15) is 38.1 Å². The second kappa shape index (κ2) is 6.71. The Morgan fingerprint density at radius 3 is 2.76 bits per heavy atom. The van der Waals surface area contributed by atoms with E-state index in [-0.39, 0.29) is 10.6 Å². The van der Waals surface area contributed by atoms with Crippen LogP contribution < -0.4 is 0 Å². The van der Waals surface area contributed by atoms with Gasteiger partial charge in [-0.15, -0.1) is 10.2 Å². The van der Waals surface area contributed by atoms with Crippen molar-refractivity contribution >= 4 is 17.4 Å². The molecule has 0 saturated heterocycles. The quantitative estimate of drug-likeness (QED) is 0.463. The summed E-state index contributed by atoms with van der Waals surface area (Å²) in [7, 11) is 0. The molecule has 1 aromatic carbocycles. The molecule has 2 aromatic rings. The molecule has 0 bridgehead atoms. The molecule has 0 atom stereocenters. The summed E-state index contributed by atoms with van der Waals surface area (Å²) >= 11 is 1.55. The van der Waals surface area contributed by atoms with E-state index < -0.39 is 0 Å². The summed E-state index contributed by atoms with van der Waals surface area (Å²) in [5.74, 6) is 1.93. The second-order valence-electron chi connectivity index (χ2n) is 4.96. The molecular weight excluding hydrogens is 288 g/mol. The molecule has 21 heavy (non-hydrogen) atoms. The van der Waals surface area contributed by atoms with Crippen molar-refractivity contribution in [3.05, 3.63) is 45.8 Å². The molecule has 0 aliphatic rings. The van der Waals surface area contributed by atoms with Crippen LogP contribution in [-0.2, 0) is 12.3 Å². The first-order chi connectivity index (χ1) is 10.0. The number of rotatable bonds is 6. The van der Waals surface area contributed by atoms with Gasteiger partial charge in [0.25, 0.3) is 5.69 Å². The normalized spacial score (nSPS) is 11.0. The molecule has 0 radical (unpaired) electrons. The molecule has 1 aromatic heterocycles. The van der Waals surface area contributed by atoms with Crippen LogP contribution in [0.3, 0.4) is 0 Å². The van der Waals surface area contributed by atoms with Crippen LogP contribution >= 0.6 is 11.8 Å². The third kappa shape index (κ3) is 3.60. The average Bonchev–Trinajstić information content (AvgIpc) is 2.88. The Morgan fingerprint density at radius 1 is 1.38 bits per heavy atom. The second-order valence-corrected chi connectivity index (χ2v) is 5.90. The maximum atomic E-state index is 10.8. The van der Waals surface area contributed by atoms with Gasteiger partial charge in [-0.25, -0.2) is 0 Å². The van der Waals surface area contributed by atoms with Crippen LogP contribution in [0.25, 0.3) is 0 Å². The zero-order valence-electron chi connectivity index (χ0n) is 12.3. The minimum atomic E-state index is -0.375. The maximum Gasteiger partial charge on any atom is 0.269 e. The smallest absolute Gasteiger partial charge is 0.269 e. The SMILES string of the molecule is CCn1c(SCc2cccc([N+](=O)[O-])c2)nnc1C(C)C. The number of nitro groups is 1. The van der Waals surface area contributed by atoms with Gasteiger partial charge in [-0.2, -0.15) is 0 Å². The number of nitro benzene ring substituents is 1. The van der Waals surface area contributed by atoms with Crippen molar-refractivity contribution in [2.75, 3.05) is 0 Å². The fourth-order valence-electron chi connectivity index (χ4n) is 2.04. The van der Waals surface area contributed by atoms with E-state index in [0.29, 0.717) is 11.7 Å². The Morgan fingerprint density at radius 2 is 2.14 bits per heavy atom. The Labute approximate surface area is 127 Å². The fraction of sp³-hybridized carbons (Fsp3) is 0.429. The monoisotopic (exact) mass is 306 g/mol. The topological polar surface area (TPSA) is 73.8 Å². The molecule has 0 fully saturated rings. The zero-order valence-corrected chi connectivity index (χ0v) is 13.1. The number of non-ortho nitro benzene ring substituents is 1. The molecule has 0 N–H and O–H groups in total. The number of hydrogen-bond acceptors (Lipinski definition) is 5. The van der Waals surface area contributed by atoms with Crippen molar-refractivity contribution in [3.63, 3.8) is 0 Å². The molecular formula is C14H18N4O2S. The molecule has 0 unspecified atom stereocenters. The van der Waals surface area contributed by atoms with E-state index in [0.717, 1.165) is 23.1 Å². The molecule has 0 saturated carbocycles. The molecule has 1 heterocycles. The van der Waals surface area contributed by atoms with Crippen molar-refractivity contribution in [2.45, 2.75) is 44.1 Å². The molecule has 0 aliphatic heterocycles. The van der Waals surface area contributed by atoms with Gasteiger partial charge in [-0.3, -0.25) is 10.1 Å². The van der Waals surface area contributed by atoms with Gasteiger partial charge in [0, 0.05) is 30.3 Å². The van der Waals surface area contributed by atoms with E-state index in [1.165, 1.54) is 6.07 Å². The Kier molecular flexibility index (Phi) is 4.95. The number of thioether (sulfide) groups is 1. The van der Waals surface area contributed by atoms with Crippen molar-refractivity contribution in [1.29, 1.82) is 0 Å². The summed E-state index contributed by atoms with van der Waals surface area (Å²) in [6.07, 6.45) is 0. The van der Waals surface area contributed by atoms with E-state index in [2.05, 4.69) is 35.5 Å². The number of aromatic nitrogens is 3. The maximum absolute atomic E-state index is 10.8. The summed E-state index contributed by atoms with van der Waals surface area (Å²) in [5.41, 5.74) is 1.03. The Hall–Kier alpha value is -1.89. The Balaban J connectivity index is 2.13. The molecule has 7 heteroatoms. The van der Waals surface area contributed by atoms with E-state index in [1.54, 1.807) is 23.9 Å². The fourth-order valence-corrected chi connectivity index (χ4v) is 2.99.